The summed E-state index contributed by atoms with van der Waals surface area (Å²) in [6, 6.07) is 5.18. The van der Waals surface area contributed by atoms with Crippen LogP contribution >= 0.6 is 27.3 Å². The predicted molar refractivity (Wildman–Crippen MR) is 160 cm³/mol. The zero-order chi connectivity index (χ0) is 30.0. The lowest BCUT2D eigenvalue weighted by Crippen LogP contribution is -2.56. The van der Waals surface area contributed by atoms with E-state index in [0.717, 1.165) is 41.3 Å². The predicted octanol–water partition coefficient (Wildman–Crippen LogP) is 2.45. The second-order valence-corrected chi connectivity index (χ2v) is 14.0. The van der Waals surface area contributed by atoms with Crippen molar-refractivity contribution in [3.05, 3.63) is 49.5 Å². The molecule has 4 aliphatic rings. The van der Waals surface area contributed by atoms with Gasteiger partial charge >= 0.3 is 0 Å². The molecule has 4 fully saturated rings. The van der Waals surface area contributed by atoms with Crippen molar-refractivity contribution in [3.8, 4) is 0 Å². The molecule has 0 spiro atoms. The van der Waals surface area contributed by atoms with E-state index in [4.69, 9.17) is 0 Å². The van der Waals surface area contributed by atoms with E-state index in [0.29, 0.717) is 16.7 Å². The minimum atomic E-state index is -1.21. The Morgan fingerprint density at radius 2 is 1.71 bits per heavy atom. The van der Waals surface area contributed by atoms with E-state index in [1.54, 1.807) is 18.2 Å². The minimum absolute atomic E-state index is 0.0688. The molecule has 4 N–H and O–H groups in total. The average molecular weight is 661 g/mol. The van der Waals surface area contributed by atoms with E-state index in [2.05, 4.69) is 37.2 Å². The number of likely N-dealkylation sites (N-methyl/N-ethyl adjacent to an activating group) is 1. The molecule has 2 aromatic rings. The third-order valence-electron chi connectivity index (χ3n) is 8.71. The Morgan fingerprint density at radius 1 is 1.02 bits per heavy atom. The summed E-state index contributed by atoms with van der Waals surface area (Å²) in [5.74, 6) is -0.469. The highest BCUT2D eigenvalue weighted by atomic mass is 79.9. The molecular formula is C29H34BrN5O6S. The fourth-order valence-corrected chi connectivity index (χ4v) is 8.28. The van der Waals surface area contributed by atoms with Crippen molar-refractivity contribution in [2.75, 3.05) is 12.4 Å². The minimum Gasteiger partial charge on any atom is -0.353 e. The number of rotatable bonds is 11. The van der Waals surface area contributed by atoms with E-state index in [1.165, 1.54) is 41.6 Å². The number of hydrogen-bond donors (Lipinski definition) is 4. The van der Waals surface area contributed by atoms with Gasteiger partial charge in [-0.3, -0.25) is 28.8 Å². The summed E-state index contributed by atoms with van der Waals surface area (Å²) >= 11 is 4.46. The number of carbonyl (C=O) groups excluding carboxylic acids is 5. The van der Waals surface area contributed by atoms with Gasteiger partial charge in [-0.25, -0.2) is 0 Å². The van der Waals surface area contributed by atoms with Gasteiger partial charge in [-0.2, -0.15) is 0 Å². The molecule has 2 heterocycles. The Morgan fingerprint density at radius 3 is 2.33 bits per heavy atom. The molecule has 2 aromatic heterocycles. The molecule has 4 saturated carbocycles. The maximum absolute atomic E-state index is 13.3. The summed E-state index contributed by atoms with van der Waals surface area (Å²) in [6.07, 6.45) is 7.00. The van der Waals surface area contributed by atoms with Crippen LogP contribution in [0.15, 0.2) is 39.0 Å². The van der Waals surface area contributed by atoms with Crippen molar-refractivity contribution in [2.45, 2.75) is 63.6 Å². The van der Waals surface area contributed by atoms with Crippen LogP contribution in [0.1, 0.15) is 54.6 Å². The fraction of sp³-hybridized carbons (Fsp3) is 0.517. The van der Waals surface area contributed by atoms with E-state index in [-0.39, 0.29) is 37.0 Å². The summed E-state index contributed by atoms with van der Waals surface area (Å²) in [6.45, 7) is -0.181. The lowest BCUT2D eigenvalue weighted by Gasteiger charge is -2.54. The molecule has 1 unspecified atom stereocenters. The van der Waals surface area contributed by atoms with Crippen LogP contribution in [0.4, 0.5) is 5.69 Å². The number of anilines is 1. The van der Waals surface area contributed by atoms with Crippen molar-refractivity contribution < 1.29 is 24.0 Å². The zero-order valence-corrected chi connectivity index (χ0v) is 25.6. The topological polar surface area (TPSA) is 155 Å². The smallest absolute Gasteiger partial charge is 0.287 e. The summed E-state index contributed by atoms with van der Waals surface area (Å²) in [4.78, 5) is 76.4. The molecular weight excluding hydrogens is 626 g/mol. The highest BCUT2D eigenvalue weighted by Crippen LogP contribution is 2.53. The first kappa shape index (κ1) is 30.1. The van der Waals surface area contributed by atoms with Crippen LogP contribution in [0.5, 0.6) is 0 Å². The Kier molecular flexibility index (Phi) is 9.26. The van der Waals surface area contributed by atoms with Crippen LogP contribution in [0.25, 0.3) is 0 Å². The lowest BCUT2D eigenvalue weighted by molar-refractivity contribution is -0.137. The highest BCUT2D eigenvalue weighted by molar-refractivity contribution is 9.11. The number of halogens is 1. The monoisotopic (exact) mass is 659 g/mol. The van der Waals surface area contributed by atoms with E-state index in [9.17, 15) is 28.8 Å². The molecule has 11 nitrogen and oxygen atoms in total. The largest absolute Gasteiger partial charge is 0.353 e. The number of Topliss-reactive ketones (excluding diaryl/α,β-unsaturated/α-hetero) is 1. The first-order chi connectivity index (χ1) is 20.1. The first-order valence-electron chi connectivity index (χ1n) is 14.2. The average Bonchev–Trinajstić information content (AvgIpc) is 3.40. The molecule has 0 aliphatic heterocycles. The summed E-state index contributed by atoms with van der Waals surface area (Å²) in [5, 5.41) is 10.6. The number of aromatic nitrogens is 1. The fourth-order valence-electron chi connectivity index (χ4n) is 6.99. The van der Waals surface area contributed by atoms with Crippen LogP contribution < -0.4 is 26.8 Å². The molecule has 4 aliphatic carbocycles. The molecule has 0 saturated heterocycles. The van der Waals surface area contributed by atoms with Gasteiger partial charge in [0.1, 0.15) is 18.3 Å². The lowest BCUT2D eigenvalue weighted by atomic mass is 9.54. The van der Waals surface area contributed by atoms with Crippen LogP contribution in [0, 0.1) is 23.7 Å². The number of pyridine rings is 1. The molecule has 4 amide bonds. The Labute approximate surface area is 255 Å². The molecule has 0 aromatic carbocycles. The number of nitrogens with zero attached hydrogens (tertiary/aromatic N) is 1. The van der Waals surface area contributed by atoms with Gasteiger partial charge in [0.05, 0.1) is 8.66 Å². The summed E-state index contributed by atoms with van der Waals surface area (Å²) in [5.41, 5.74) is -0.638. The van der Waals surface area contributed by atoms with Crippen molar-refractivity contribution in [3.63, 3.8) is 0 Å². The number of amides is 4. The molecule has 42 heavy (non-hydrogen) atoms. The SMILES string of the molecule is CNC(=O)C(=O)CCC(NC(=O)c1ccc(Br)s1)C(=O)Nc1cccn(CC(=O)NC2C3CC4CC(C3)CC2C4)c1=O. The van der Waals surface area contributed by atoms with E-state index >= 15 is 0 Å². The van der Waals surface area contributed by atoms with E-state index in [1.807, 2.05) is 0 Å². The summed E-state index contributed by atoms with van der Waals surface area (Å²) < 4.78 is 1.97. The molecule has 0 radical (unpaired) electrons. The van der Waals surface area contributed by atoms with Gasteiger partial charge in [0.25, 0.3) is 17.4 Å². The van der Waals surface area contributed by atoms with Gasteiger partial charge in [-0.05, 0) is 102 Å². The Bertz CT molecular complexity index is 1430. The summed E-state index contributed by atoms with van der Waals surface area (Å²) in [7, 11) is 1.32. The van der Waals surface area contributed by atoms with Crippen LogP contribution in [-0.2, 0) is 25.7 Å². The second-order valence-electron chi connectivity index (χ2n) is 11.5. The van der Waals surface area contributed by atoms with Crippen LogP contribution in [0.2, 0.25) is 0 Å². The molecule has 13 heteroatoms. The molecule has 4 bridgehead atoms. The first-order valence-corrected chi connectivity index (χ1v) is 15.8. The Balaban J connectivity index is 1.24. The molecule has 1 atom stereocenters. The van der Waals surface area contributed by atoms with Crippen LogP contribution in [-0.4, -0.2) is 53.1 Å². The second kappa shape index (κ2) is 12.9. The standard InChI is InChI=1S/C29H34BrN5O6S/c1-31-27(39)21(36)5-4-19(32-28(40)22-6-7-23(30)42-22)26(38)33-20-3-2-8-35(29(20)41)14-24(37)34-25-17-10-15-9-16(12-17)13-18(25)11-15/h2-3,6-8,15-19,25H,4-5,9-14H2,1H3,(H,31,39)(H,32,40)(H,33,38)(H,34,37). The number of carbonyl (C=O) groups is 5. The maximum Gasteiger partial charge on any atom is 0.287 e. The number of thiophene rings is 1. The number of nitrogens with one attached hydrogen (secondary N) is 4. The third-order valence-corrected chi connectivity index (χ3v) is 10.3. The van der Waals surface area contributed by atoms with Gasteiger partial charge in [0.2, 0.25) is 17.6 Å². The van der Waals surface area contributed by atoms with Gasteiger partial charge < -0.3 is 25.8 Å². The maximum atomic E-state index is 13.3. The normalized spacial score (nSPS) is 24.5. The van der Waals surface area contributed by atoms with Crippen molar-refractivity contribution >= 4 is 62.4 Å². The highest BCUT2D eigenvalue weighted by Gasteiger charge is 2.48. The van der Waals surface area contributed by atoms with Gasteiger partial charge in [-0.15, -0.1) is 11.3 Å². The van der Waals surface area contributed by atoms with Gasteiger partial charge in [-0.1, -0.05) is 0 Å². The van der Waals surface area contributed by atoms with Gasteiger partial charge in [0, 0.05) is 25.7 Å². The van der Waals surface area contributed by atoms with Crippen LogP contribution in [0.3, 0.4) is 0 Å². The van der Waals surface area contributed by atoms with Crippen molar-refractivity contribution in [1.82, 2.24) is 20.5 Å². The van der Waals surface area contributed by atoms with E-state index < -0.39 is 35.1 Å². The molecule has 224 valence electrons. The quantitative estimate of drug-likeness (QED) is 0.272. The van der Waals surface area contributed by atoms with Crippen molar-refractivity contribution in [2.24, 2.45) is 23.7 Å². The number of ketones is 1. The van der Waals surface area contributed by atoms with Gasteiger partial charge in [0.15, 0.2) is 0 Å². The van der Waals surface area contributed by atoms with Crippen molar-refractivity contribution in [1.29, 1.82) is 0 Å². The molecule has 6 rings (SSSR count). The number of hydrogen-bond acceptors (Lipinski definition) is 7. The zero-order valence-electron chi connectivity index (χ0n) is 23.2. The third kappa shape index (κ3) is 6.83. The Hall–Kier alpha value is -3.32.